The fourth-order valence-corrected chi connectivity index (χ4v) is 2.86. The van der Waals surface area contributed by atoms with Gasteiger partial charge in [-0.25, -0.2) is 0 Å². The first kappa shape index (κ1) is 9.26. The number of hydrogen-bond acceptors (Lipinski definition) is 1. The Bertz CT molecular complexity index is 240. The van der Waals surface area contributed by atoms with Gasteiger partial charge in [0.15, 0.2) is 0 Å². The zero-order valence-corrected chi connectivity index (χ0v) is 9.13. The molecule has 0 aromatic rings. The van der Waals surface area contributed by atoms with E-state index in [-0.39, 0.29) is 5.60 Å². The van der Waals surface area contributed by atoms with Crippen molar-refractivity contribution in [2.24, 2.45) is 11.8 Å². The molecular formula is C12H20O. The summed E-state index contributed by atoms with van der Waals surface area (Å²) in [4.78, 5) is 0. The van der Waals surface area contributed by atoms with Crippen LogP contribution >= 0.6 is 0 Å². The highest BCUT2D eigenvalue weighted by Gasteiger charge is 2.42. The van der Waals surface area contributed by atoms with Crippen molar-refractivity contribution in [1.82, 2.24) is 0 Å². The maximum atomic E-state index is 6.07. The van der Waals surface area contributed by atoms with Crippen LogP contribution in [0.4, 0.5) is 0 Å². The van der Waals surface area contributed by atoms with E-state index in [9.17, 15) is 0 Å². The fraction of sp³-hybridized carbons (Fsp3) is 0.833. The van der Waals surface area contributed by atoms with Crippen molar-refractivity contribution in [3.8, 4) is 0 Å². The van der Waals surface area contributed by atoms with Crippen molar-refractivity contribution in [1.29, 1.82) is 0 Å². The highest BCUT2D eigenvalue weighted by atomic mass is 16.5. The summed E-state index contributed by atoms with van der Waals surface area (Å²) < 4.78 is 6.07. The lowest BCUT2D eigenvalue weighted by Crippen LogP contribution is -2.48. The molecule has 1 heteroatoms. The Morgan fingerprint density at radius 1 is 1.46 bits per heavy atom. The summed E-state index contributed by atoms with van der Waals surface area (Å²) in [6, 6.07) is 0. The SMILES string of the molecule is CC1=CC[C@@H]2C[C@H]1C(C)OC2(C)C. The monoisotopic (exact) mass is 180 g/mol. The van der Waals surface area contributed by atoms with Crippen LogP contribution in [0.15, 0.2) is 11.6 Å². The van der Waals surface area contributed by atoms with Gasteiger partial charge in [0.1, 0.15) is 0 Å². The number of hydrogen-bond donors (Lipinski definition) is 0. The van der Waals surface area contributed by atoms with Gasteiger partial charge < -0.3 is 4.74 Å². The molecule has 0 spiro atoms. The molecule has 2 rings (SSSR count). The summed E-state index contributed by atoms with van der Waals surface area (Å²) in [7, 11) is 0. The van der Waals surface area contributed by atoms with Crippen LogP contribution in [0.1, 0.15) is 40.5 Å². The minimum Gasteiger partial charge on any atom is -0.372 e. The molecule has 2 aliphatic rings. The summed E-state index contributed by atoms with van der Waals surface area (Å²) in [5.41, 5.74) is 1.63. The molecule has 1 aliphatic carbocycles. The Balaban J connectivity index is 2.27. The lowest BCUT2D eigenvalue weighted by atomic mass is 9.70. The first-order valence-corrected chi connectivity index (χ1v) is 5.35. The van der Waals surface area contributed by atoms with Gasteiger partial charge in [0.25, 0.3) is 0 Å². The summed E-state index contributed by atoms with van der Waals surface area (Å²) in [5, 5.41) is 0. The predicted molar refractivity (Wildman–Crippen MR) is 54.6 cm³/mol. The standard InChI is InChI=1S/C12H20O/c1-8-5-6-10-7-11(8)9(2)13-12(10,3)4/h5,9-11H,6-7H2,1-4H3/t9?,10-,11-/m1/s1. The van der Waals surface area contributed by atoms with E-state index in [1.165, 1.54) is 12.8 Å². The third kappa shape index (κ3) is 1.43. The van der Waals surface area contributed by atoms with E-state index in [4.69, 9.17) is 4.74 Å². The summed E-state index contributed by atoms with van der Waals surface area (Å²) in [6.45, 7) is 8.93. The maximum absolute atomic E-state index is 6.07. The van der Waals surface area contributed by atoms with Gasteiger partial charge >= 0.3 is 0 Å². The van der Waals surface area contributed by atoms with Gasteiger partial charge in [-0.1, -0.05) is 11.6 Å². The van der Waals surface area contributed by atoms with Gasteiger partial charge in [0.05, 0.1) is 11.7 Å². The second kappa shape index (κ2) is 2.84. The van der Waals surface area contributed by atoms with E-state index in [0.717, 1.165) is 5.92 Å². The molecule has 0 aromatic heterocycles. The van der Waals surface area contributed by atoms with Crippen LogP contribution in [0, 0.1) is 11.8 Å². The summed E-state index contributed by atoms with van der Waals surface area (Å²) >= 11 is 0. The minimum absolute atomic E-state index is 0.0904. The molecule has 1 saturated heterocycles. The van der Waals surface area contributed by atoms with Gasteiger partial charge in [-0.15, -0.1) is 0 Å². The van der Waals surface area contributed by atoms with Crippen LogP contribution in [-0.4, -0.2) is 11.7 Å². The summed E-state index contributed by atoms with van der Waals surface area (Å²) in [5.74, 6) is 1.42. The van der Waals surface area contributed by atoms with Crippen molar-refractivity contribution in [3.63, 3.8) is 0 Å². The molecule has 1 fully saturated rings. The van der Waals surface area contributed by atoms with Crippen LogP contribution in [0.5, 0.6) is 0 Å². The third-order valence-electron chi connectivity index (χ3n) is 3.89. The highest BCUT2D eigenvalue weighted by molar-refractivity contribution is 5.14. The van der Waals surface area contributed by atoms with E-state index < -0.39 is 0 Å². The van der Waals surface area contributed by atoms with E-state index >= 15 is 0 Å². The molecule has 1 heterocycles. The molecule has 74 valence electrons. The molecule has 0 N–H and O–H groups in total. The average Bonchev–Trinajstić information content (AvgIpc) is 2.02. The summed E-state index contributed by atoms with van der Waals surface area (Å²) in [6.07, 6.45) is 5.36. The number of ether oxygens (including phenoxy) is 1. The Labute approximate surface area is 81.2 Å². The zero-order chi connectivity index (χ0) is 9.64. The van der Waals surface area contributed by atoms with Crippen LogP contribution in [0.3, 0.4) is 0 Å². The highest BCUT2D eigenvalue weighted by Crippen LogP contribution is 2.44. The Morgan fingerprint density at radius 2 is 2.15 bits per heavy atom. The van der Waals surface area contributed by atoms with Crippen molar-refractivity contribution < 1.29 is 4.74 Å². The van der Waals surface area contributed by atoms with E-state index in [1.54, 1.807) is 5.57 Å². The molecule has 0 aromatic carbocycles. The van der Waals surface area contributed by atoms with Crippen molar-refractivity contribution in [2.45, 2.75) is 52.2 Å². The Hall–Kier alpha value is -0.300. The lowest BCUT2D eigenvalue weighted by molar-refractivity contribution is -0.156. The molecular weight excluding hydrogens is 160 g/mol. The predicted octanol–water partition coefficient (Wildman–Crippen LogP) is 3.16. The van der Waals surface area contributed by atoms with Crippen LogP contribution in [-0.2, 0) is 4.74 Å². The van der Waals surface area contributed by atoms with Gasteiger partial charge in [-0.3, -0.25) is 0 Å². The quantitative estimate of drug-likeness (QED) is 0.520. The van der Waals surface area contributed by atoms with Crippen molar-refractivity contribution in [2.75, 3.05) is 0 Å². The van der Waals surface area contributed by atoms with Crippen molar-refractivity contribution in [3.05, 3.63) is 11.6 Å². The van der Waals surface area contributed by atoms with Crippen molar-refractivity contribution >= 4 is 0 Å². The fourth-order valence-electron chi connectivity index (χ4n) is 2.86. The van der Waals surface area contributed by atoms with E-state index in [0.29, 0.717) is 12.0 Å². The van der Waals surface area contributed by atoms with Crippen LogP contribution < -0.4 is 0 Å². The van der Waals surface area contributed by atoms with E-state index in [2.05, 4.69) is 33.8 Å². The van der Waals surface area contributed by atoms with Gasteiger partial charge in [0.2, 0.25) is 0 Å². The lowest BCUT2D eigenvalue weighted by Gasteiger charge is -2.48. The molecule has 0 radical (unpaired) electrons. The van der Waals surface area contributed by atoms with Gasteiger partial charge in [-0.2, -0.15) is 0 Å². The molecule has 1 nitrogen and oxygen atoms in total. The normalized spacial score (nSPS) is 42.8. The molecule has 2 bridgehead atoms. The maximum Gasteiger partial charge on any atom is 0.0661 e. The third-order valence-corrected chi connectivity index (χ3v) is 3.89. The van der Waals surface area contributed by atoms with Gasteiger partial charge in [0, 0.05) is 5.92 Å². The topological polar surface area (TPSA) is 9.23 Å². The molecule has 1 aliphatic heterocycles. The number of allylic oxidation sites excluding steroid dienone is 1. The molecule has 1 unspecified atom stereocenters. The largest absolute Gasteiger partial charge is 0.372 e. The second-order valence-electron chi connectivity index (χ2n) is 5.15. The molecule has 13 heavy (non-hydrogen) atoms. The smallest absolute Gasteiger partial charge is 0.0661 e. The minimum atomic E-state index is 0.0904. The Morgan fingerprint density at radius 3 is 2.85 bits per heavy atom. The first-order valence-electron chi connectivity index (χ1n) is 5.35. The average molecular weight is 180 g/mol. The molecule has 3 atom stereocenters. The van der Waals surface area contributed by atoms with E-state index in [1.807, 2.05) is 0 Å². The number of rotatable bonds is 0. The first-order chi connectivity index (χ1) is 6.00. The second-order valence-corrected chi connectivity index (χ2v) is 5.15. The Kier molecular flexibility index (Phi) is 2.03. The number of fused-ring (bicyclic) bond motifs is 2. The van der Waals surface area contributed by atoms with Crippen LogP contribution in [0.2, 0.25) is 0 Å². The molecule has 0 amide bonds. The zero-order valence-electron chi connectivity index (χ0n) is 9.13. The van der Waals surface area contributed by atoms with Gasteiger partial charge in [-0.05, 0) is 46.5 Å². The molecule has 0 saturated carbocycles. The van der Waals surface area contributed by atoms with Crippen LogP contribution in [0.25, 0.3) is 0 Å².